The van der Waals surface area contributed by atoms with Crippen LogP contribution >= 0.6 is 11.6 Å². The van der Waals surface area contributed by atoms with Gasteiger partial charge in [0.25, 0.3) is 0 Å². The Balaban J connectivity index is 1.73. The number of hydrogen-bond donors (Lipinski definition) is 0. The molecule has 0 N–H and O–H groups in total. The molecule has 0 saturated carbocycles. The van der Waals surface area contributed by atoms with Crippen LogP contribution in [0, 0.1) is 0 Å². The van der Waals surface area contributed by atoms with Gasteiger partial charge >= 0.3 is 6.09 Å². The van der Waals surface area contributed by atoms with Crippen molar-refractivity contribution < 1.29 is 9.53 Å². The van der Waals surface area contributed by atoms with E-state index in [9.17, 15) is 4.79 Å². The second kappa shape index (κ2) is 6.63. The zero-order chi connectivity index (χ0) is 18.2. The van der Waals surface area contributed by atoms with Crippen LogP contribution in [0.1, 0.15) is 27.2 Å². The van der Waals surface area contributed by atoms with Crippen LogP contribution < -0.4 is 4.90 Å². The summed E-state index contributed by atoms with van der Waals surface area (Å²) in [5.74, 6) is 0.778. The molecule has 1 atom stereocenters. The molecule has 0 radical (unpaired) electrons. The highest BCUT2D eigenvalue weighted by molar-refractivity contribution is 6.33. The molecule has 0 aromatic carbocycles. The summed E-state index contributed by atoms with van der Waals surface area (Å²) in [7, 11) is 1.97. The van der Waals surface area contributed by atoms with Crippen molar-refractivity contribution >= 4 is 34.5 Å². The summed E-state index contributed by atoms with van der Waals surface area (Å²) in [6.07, 6.45) is 2.01. The number of amides is 1. The molecule has 2 aromatic heterocycles. The molecule has 3 heterocycles. The van der Waals surface area contributed by atoms with Gasteiger partial charge < -0.3 is 14.5 Å². The normalized spacial score (nSPS) is 17.8. The van der Waals surface area contributed by atoms with E-state index in [1.807, 2.05) is 40.0 Å². The lowest BCUT2D eigenvalue weighted by Gasteiger charge is -2.27. The van der Waals surface area contributed by atoms with Gasteiger partial charge in [-0.25, -0.2) is 19.7 Å². The van der Waals surface area contributed by atoms with Crippen LogP contribution in [-0.2, 0) is 4.74 Å². The Bertz CT molecular complexity index is 792. The molecular weight excluding hydrogens is 342 g/mol. The predicted molar refractivity (Wildman–Crippen MR) is 97.0 cm³/mol. The highest BCUT2D eigenvalue weighted by Gasteiger charge is 2.32. The first kappa shape index (κ1) is 17.7. The molecule has 7 nitrogen and oxygen atoms in total. The lowest BCUT2D eigenvalue weighted by Crippen LogP contribution is -2.39. The molecule has 1 aliphatic rings. The molecule has 0 bridgehead atoms. The van der Waals surface area contributed by atoms with Gasteiger partial charge in [0, 0.05) is 26.2 Å². The summed E-state index contributed by atoms with van der Waals surface area (Å²) in [4.78, 5) is 28.7. The molecule has 0 aliphatic carbocycles. The zero-order valence-electron chi connectivity index (χ0n) is 14.9. The number of rotatable bonds is 2. The Morgan fingerprint density at radius 2 is 2.12 bits per heavy atom. The van der Waals surface area contributed by atoms with Gasteiger partial charge in [-0.15, -0.1) is 0 Å². The van der Waals surface area contributed by atoms with Gasteiger partial charge in [0.15, 0.2) is 5.15 Å². The summed E-state index contributed by atoms with van der Waals surface area (Å²) in [5.41, 5.74) is 0.798. The summed E-state index contributed by atoms with van der Waals surface area (Å²) in [6, 6.07) is 3.95. The van der Waals surface area contributed by atoms with E-state index in [1.165, 1.54) is 6.33 Å². The fourth-order valence-corrected chi connectivity index (χ4v) is 3.02. The molecule has 0 spiro atoms. The lowest BCUT2D eigenvalue weighted by atomic mass is 10.2. The second-order valence-corrected chi connectivity index (χ2v) is 7.54. The van der Waals surface area contributed by atoms with E-state index in [1.54, 1.807) is 4.90 Å². The average molecular weight is 364 g/mol. The van der Waals surface area contributed by atoms with Crippen LogP contribution in [0.2, 0.25) is 5.15 Å². The number of halogens is 1. The number of carbonyl (C=O) groups excluding carboxylic acids is 1. The van der Waals surface area contributed by atoms with E-state index >= 15 is 0 Å². The van der Waals surface area contributed by atoms with Gasteiger partial charge in [-0.05, 0) is 39.3 Å². The number of anilines is 1. The standard InChI is InChI=1S/C17H22ClN5O2/c1-17(2,3)25-16(24)23-8-7-11(9-23)22(4)13-6-5-12-14(21-13)15(18)20-10-19-12/h5-6,10-11H,7-9H2,1-4H3/t11-/m0/s1. The van der Waals surface area contributed by atoms with E-state index in [0.717, 1.165) is 12.2 Å². The fourth-order valence-electron chi connectivity index (χ4n) is 2.83. The van der Waals surface area contributed by atoms with Crippen molar-refractivity contribution in [3.05, 3.63) is 23.6 Å². The lowest BCUT2D eigenvalue weighted by molar-refractivity contribution is 0.0292. The van der Waals surface area contributed by atoms with E-state index in [-0.39, 0.29) is 12.1 Å². The topological polar surface area (TPSA) is 71.5 Å². The largest absolute Gasteiger partial charge is 0.444 e. The molecule has 1 amide bonds. The maximum absolute atomic E-state index is 12.2. The minimum absolute atomic E-state index is 0.167. The first-order chi connectivity index (χ1) is 11.7. The molecule has 1 saturated heterocycles. The van der Waals surface area contributed by atoms with Crippen molar-refractivity contribution in [3.8, 4) is 0 Å². The minimum Gasteiger partial charge on any atom is -0.444 e. The minimum atomic E-state index is -0.488. The van der Waals surface area contributed by atoms with Crippen molar-refractivity contribution in [1.82, 2.24) is 19.9 Å². The number of ether oxygens (including phenoxy) is 1. The molecule has 1 aliphatic heterocycles. The maximum atomic E-state index is 12.2. The van der Waals surface area contributed by atoms with Crippen molar-refractivity contribution in [2.45, 2.75) is 38.8 Å². The van der Waals surface area contributed by atoms with Gasteiger partial charge in [0.05, 0.1) is 5.52 Å². The van der Waals surface area contributed by atoms with E-state index < -0.39 is 5.60 Å². The Kier molecular flexibility index (Phi) is 4.69. The SMILES string of the molecule is CN(c1ccc2ncnc(Cl)c2n1)[C@H]1CCN(C(=O)OC(C)(C)C)C1. The summed E-state index contributed by atoms with van der Waals surface area (Å²) in [5, 5.41) is 0.335. The van der Waals surface area contributed by atoms with Crippen molar-refractivity contribution in [3.63, 3.8) is 0 Å². The van der Waals surface area contributed by atoms with E-state index in [2.05, 4.69) is 19.9 Å². The van der Waals surface area contributed by atoms with Gasteiger partial charge in [-0.1, -0.05) is 11.6 Å². The first-order valence-corrected chi connectivity index (χ1v) is 8.60. The van der Waals surface area contributed by atoms with Crippen molar-refractivity contribution in [2.75, 3.05) is 25.0 Å². The molecule has 0 unspecified atom stereocenters. The molecule has 134 valence electrons. The average Bonchev–Trinajstić information content (AvgIpc) is 3.03. The molecular formula is C17H22ClN5O2. The van der Waals surface area contributed by atoms with E-state index in [4.69, 9.17) is 16.3 Å². The molecule has 1 fully saturated rings. The van der Waals surface area contributed by atoms with Crippen molar-refractivity contribution in [2.24, 2.45) is 0 Å². The van der Waals surface area contributed by atoms with Crippen LogP contribution in [0.5, 0.6) is 0 Å². The third-order valence-corrected chi connectivity index (χ3v) is 4.42. The zero-order valence-corrected chi connectivity index (χ0v) is 15.6. The van der Waals surface area contributed by atoms with Gasteiger partial charge in [-0.2, -0.15) is 0 Å². The molecule has 3 rings (SSSR count). The van der Waals surface area contributed by atoms with E-state index in [0.29, 0.717) is 29.3 Å². The first-order valence-electron chi connectivity index (χ1n) is 8.22. The highest BCUT2D eigenvalue weighted by Crippen LogP contribution is 2.25. The fraction of sp³-hybridized carbons (Fsp3) is 0.529. The number of carbonyl (C=O) groups is 1. The number of nitrogens with zero attached hydrogens (tertiary/aromatic N) is 5. The number of hydrogen-bond acceptors (Lipinski definition) is 6. The number of likely N-dealkylation sites (N-methyl/N-ethyl adjacent to an activating group) is 1. The molecule has 8 heteroatoms. The number of aromatic nitrogens is 3. The summed E-state index contributed by atoms with van der Waals surface area (Å²) >= 11 is 6.12. The van der Waals surface area contributed by atoms with Crippen LogP contribution in [0.15, 0.2) is 18.5 Å². The quantitative estimate of drug-likeness (QED) is 0.763. The number of likely N-dealkylation sites (tertiary alicyclic amines) is 1. The summed E-state index contributed by atoms with van der Waals surface area (Å²) in [6.45, 7) is 6.88. The Morgan fingerprint density at radius 1 is 1.36 bits per heavy atom. The smallest absolute Gasteiger partial charge is 0.410 e. The van der Waals surface area contributed by atoms with Crippen LogP contribution in [-0.4, -0.2) is 57.7 Å². The van der Waals surface area contributed by atoms with Gasteiger partial charge in [-0.3, -0.25) is 0 Å². The summed E-state index contributed by atoms with van der Waals surface area (Å²) < 4.78 is 5.45. The van der Waals surface area contributed by atoms with Crippen LogP contribution in [0.4, 0.5) is 10.6 Å². The third-order valence-electron chi connectivity index (χ3n) is 4.15. The third kappa shape index (κ3) is 3.92. The molecule has 2 aromatic rings. The Morgan fingerprint density at radius 3 is 2.84 bits per heavy atom. The van der Waals surface area contributed by atoms with Gasteiger partial charge in [0.2, 0.25) is 0 Å². The van der Waals surface area contributed by atoms with Crippen LogP contribution in [0.25, 0.3) is 11.0 Å². The number of fused-ring (bicyclic) bond motifs is 1. The maximum Gasteiger partial charge on any atom is 0.410 e. The highest BCUT2D eigenvalue weighted by atomic mass is 35.5. The number of pyridine rings is 1. The van der Waals surface area contributed by atoms with Crippen molar-refractivity contribution in [1.29, 1.82) is 0 Å². The monoisotopic (exact) mass is 363 g/mol. The Hall–Kier alpha value is -2.15. The molecule has 25 heavy (non-hydrogen) atoms. The van der Waals surface area contributed by atoms with Crippen LogP contribution in [0.3, 0.4) is 0 Å². The van der Waals surface area contributed by atoms with Gasteiger partial charge in [0.1, 0.15) is 23.3 Å². The predicted octanol–water partition coefficient (Wildman–Crippen LogP) is 3.12. The second-order valence-electron chi connectivity index (χ2n) is 7.18. The Labute approximate surface area is 152 Å².